The van der Waals surface area contributed by atoms with Gasteiger partial charge in [0.2, 0.25) is 0 Å². The molecule has 0 atom stereocenters. The summed E-state index contributed by atoms with van der Waals surface area (Å²) in [6.07, 6.45) is 6.06. The molecule has 0 amide bonds. The number of imidazole rings is 1. The number of fused-ring (bicyclic) bond motifs is 1. The van der Waals surface area contributed by atoms with Gasteiger partial charge in [-0.3, -0.25) is 4.79 Å². The van der Waals surface area contributed by atoms with Crippen molar-refractivity contribution in [3.63, 3.8) is 0 Å². The molecule has 0 saturated heterocycles. The van der Waals surface area contributed by atoms with Crippen molar-refractivity contribution in [3.05, 3.63) is 48.0 Å². The summed E-state index contributed by atoms with van der Waals surface area (Å²) in [7, 11) is 0. The molecule has 3 rings (SSSR count). The minimum absolute atomic E-state index is 0.637. The summed E-state index contributed by atoms with van der Waals surface area (Å²) in [6.45, 7) is 1.93. The molecule has 0 unspecified atom stereocenters. The largest absolute Gasteiger partial charge is 0.463 e. The van der Waals surface area contributed by atoms with Gasteiger partial charge in [0, 0.05) is 18.0 Å². The smallest absolute Gasteiger partial charge is 0.153 e. The van der Waals surface area contributed by atoms with Crippen LogP contribution in [0, 0.1) is 6.92 Å². The van der Waals surface area contributed by atoms with Gasteiger partial charge in [-0.25, -0.2) is 4.98 Å². The first-order valence-corrected chi connectivity index (χ1v) is 5.26. The topological polar surface area (TPSA) is 47.5 Å². The van der Waals surface area contributed by atoms with Crippen molar-refractivity contribution in [3.8, 4) is 11.5 Å². The normalized spacial score (nSPS) is 10.9. The Kier molecular flexibility index (Phi) is 2.08. The van der Waals surface area contributed by atoms with Crippen LogP contribution in [0.4, 0.5) is 0 Å². The van der Waals surface area contributed by atoms with E-state index in [2.05, 4.69) is 4.98 Å². The first kappa shape index (κ1) is 9.84. The third kappa shape index (κ3) is 1.54. The van der Waals surface area contributed by atoms with E-state index in [1.54, 1.807) is 12.5 Å². The summed E-state index contributed by atoms with van der Waals surface area (Å²) in [4.78, 5) is 15.3. The number of pyridine rings is 1. The van der Waals surface area contributed by atoms with Crippen LogP contribution in [-0.4, -0.2) is 15.7 Å². The zero-order chi connectivity index (χ0) is 11.8. The number of nitrogens with zero attached hydrogens (tertiary/aromatic N) is 2. The lowest BCUT2D eigenvalue weighted by molar-refractivity contribution is 0.112. The van der Waals surface area contributed by atoms with Crippen LogP contribution < -0.4 is 0 Å². The van der Waals surface area contributed by atoms with E-state index in [4.69, 9.17) is 4.42 Å². The SMILES string of the molecule is Cc1cc(C=O)cn2cc(-c3ccco3)nc12. The number of carbonyl (C=O) groups is 1. The van der Waals surface area contributed by atoms with E-state index >= 15 is 0 Å². The fourth-order valence-corrected chi connectivity index (χ4v) is 1.90. The molecule has 4 nitrogen and oxygen atoms in total. The van der Waals surface area contributed by atoms with Crippen LogP contribution in [0.25, 0.3) is 17.1 Å². The molecule has 0 aromatic carbocycles. The third-order valence-electron chi connectivity index (χ3n) is 2.67. The van der Waals surface area contributed by atoms with Gasteiger partial charge in [0.25, 0.3) is 0 Å². The molecular formula is C13H10N2O2. The Labute approximate surface area is 97.5 Å². The fourth-order valence-electron chi connectivity index (χ4n) is 1.90. The second-order valence-corrected chi connectivity index (χ2v) is 3.91. The molecule has 0 bridgehead atoms. The number of aldehydes is 1. The van der Waals surface area contributed by atoms with Crippen LogP contribution in [0.1, 0.15) is 15.9 Å². The quantitative estimate of drug-likeness (QED) is 0.631. The molecule has 0 fully saturated rings. The van der Waals surface area contributed by atoms with Gasteiger partial charge in [-0.1, -0.05) is 0 Å². The first-order valence-electron chi connectivity index (χ1n) is 5.26. The zero-order valence-corrected chi connectivity index (χ0v) is 9.25. The number of hydrogen-bond donors (Lipinski definition) is 0. The monoisotopic (exact) mass is 226 g/mol. The highest BCUT2D eigenvalue weighted by molar-refractivity contribution is 5.76. The molecule has 3 aromatic rings. The highest BCUT2D eigenvalue weighted by Crippen LogP contribution is 2.21. The average Bonchev–Trinajstić information content (AvgIpc) is 2.96. The van der Waals surface area contributed by atoms with E-state index in [9.17, 15) is 4.79 Å². The average molecular weight is 226 g/mol. The van der Waals surface area contributed by atoms with Crippen molar-refractivity contribution in [2.24, 2.45) is 0 Å². The first-order chi connectivity index (χ1) is 8.28. The van der Waals surface area contributed by atoms with Crippen LogP contribution in [-0.2, 0) is 0 Å². The van der Waals surface area contributed by atoms with Crippen LogP contribution in [0.2, 0.25) is 0 Å². The van der Waals surface area contributed by atoms with Crippen molar-refractivity contribution in [1.82, 2.24) is 9.38 Å². The Morgan fingerprint density at radius 3 is 3.00 bits per heavy atom. The van der Waals surface area contributed by atoms with Crippen molar-refractivity contribution in [2.45, 2.75) is 6.92 Å². The van der Waals surface area contributed by atoms with Gasteiger partial charge in [0.15, 0.2) is 12.0 Å². The number of carbonyl (C=O) groups excluding carboxylic acids is 1. The molecule has 84 valence electrons. The van der Waals surface area contributed by atoms with Crippen molar-refractivity contribution in [1.29, 1.82) is 0 Å². The zero-order valence-electron chi connectivity index (χ0n) is 9.25. The molecule has 3 aromatic heterocycles. The van der Waals surface area contributed by atoms with E-state index in [-0.39, 0.29) is 0 Å². The van der Waals surface area contributed by atoms with Crippen molar-refractivity contribution < 1.29 is 9.21 Å². The maximum atomic E-state index is 10.8. The maximum Gasteiger partial charge on any atom is 0.153 e. The molecule has 0 spiro atoms. The van der Waals surface area contributed by atoms with Crippen LogP contribution in [0.5, 0.6) is 0 Å². The number of aryl methyl sites for hydroxylation is 1. The van der Waals surface area contributed by atoms with E-state index in [0.29, 0.717) is 5.56 Å². The highest BCUT2D eigenvalue weighted by atomic mass is 16.3. The van der Waals surface area contributed by atoms with Crippen LogP contribution >= 0.6 is 0 Å². The molecule has 0 saturated carbocycles. The Hall–Kier alpha value is -2.36. The van der Waals surface area contributed by atoms with Crippen LogP contribution in [0.15, 0.2) is 41.3 Å². The van der Waals surface area contributed by atoms with Crippen LogP contribution in [0.3, 0.4) is 0 Å². The van der Waals surface area contributed by atoms with E-state index in [1.807, 2.05) is 35.7 Å². The number of hydrogen-bond acceptors (Lipinski definition) is 3. The Morgan fingerprint density at radius 2 is 2.29 bits per heavy atom. The van der Waals surface area contributed by atoms with Crippen molar-refractivity contribution >= 4 is 11.9 Å². The minimum atomic E-state index is 0.637. The Morgan fingerprint density at radius 1 is 1.41 bits per heavy atom. The molecule has 0 aliphatic rings. The summed E-state index contributed by atoms with van der Waals surface area (Å²) in [5.74, 6) is 0.723. The Bertz CT molecular complexity index is 681. The standard InChI is InChI=1S/C13H10N2O2/c1-9-5-10(8-16)6-15-7-11(14-13(9)15)12-3-2-4-17-12/h2-8H,1H3. The summed E-state index contributed by atoms with van der Waals surface area (Å²) < 4.78 is 7.14. The van der Waals surface area contributed by atoms with Gasteiger partial charge in [-0.2, -0.15) is 0 Å². The van der Waals surface area contributed by atoms with Gasteiger partial charge < -0.3 is 8.82 Å². The molecule has 3 heterocycles. The van der Waals surface area contributed by atoms with E-state index in [0.717, 1.165) is 29.0 Å². The fraction of sp³-hybridized carbons (Fsp3) is 0.0769. The van der Waals surface area contributed by atoms with E-state index in [1.165, 1.54) is 0 Å². The number of aromatic nitrogens is 2. The Balaban J connectivity index is 2.25. The molecule has 4 heteroatoms. The molecule has 0 radical (unpaired) electrons. The molecule has 0 aliphatic heterocycles. The molecule has 0 N–H and O–H groups in total. The summed E-state index contributed by atoms with van der Waals surface area (Å²) in [6, 6.07) is 5.50. The summed E-state index contributed by atoms with van der Waals surface area (Å²) >= 11 is 0. The predicted octanol–water partition coefficient (Wildman–Crippen LogP) is 2.72. The maximum absolute atomic E-state index is 10.8. The number of furan rings is 1. The molecule has 17 heavy (non-hydrogen) atoms. The minimum Gasteiger partial charge on any atom is -0.463 e. The van der Waals surface area contributed by atoms with Gasteiger partial charge in [0.05, 0.1) is 6.26 Å². The van der Waals surface area contributed by atoms with Crippen molar-refractivity contribution in [2.75, 3.05) is 0 Å². The van der Waals surface area contributed by atoms with Gasteiger partial charge in [0.1, 0.15) is 11.3 Å². The lowest BCUT2D eigenvalue weighted by atomic mass is 10.2. The summed E-state index contributed by atoms with van der Waals surface area (Å²) in [5, 5.41) is 0. The van der Waals surface area contributed by atoms with E-state index < -0.39 is 0 Å². The third-order valence-corrected chi connectivity index (χ3v) is 2.67. The molecular weight excluding hydrogens is 216 g/mol. The van der Waals surface area contributed by atoms with Gasteiger partial charge in [-0.05, 0) is 30.7 Å². The highest BCUT2D eigenvalue weighted by Gasteiger charge is 2.09. The van der Waals surface area contributed by atoms with Gasteiger partial charge >= 0.3 is 0 Å². The molecule has 0 aliphatic carbocycles. The summed E-state index contributed by atoms with van der Waals surface area (Å²) in [5.41, 5.74) is 3.20. The lowest BCUT2D eigenvalue weighted by Gasteiger charge is -1.98. The predicted molar refractivity (Wildman–Crippen MR) is 63.0 cm³/mol. The van der Waals surface area contributed by atoms with Gasteiger partial charge in [-0.15, -0.1) is 0 Å². The lowest BCUT2D eigenvalue weighted by Crippen LogP contribution is -1.91. The second-order valence-electron chi connectivity index (χ2n) is 3.91. The second kappa shape index (κ2) is 3.59. The number of rotatable bonds is 2.